The summed E-state index contributed by atoms with van der Waals surface area (Å²) in [6.07, 6.45) is 4.79. The van der Waals surface area contributed by atoms with E-state index in [1.807, 2.05) is 48.5 Å². The Morgan fingerprint density at radius 3 is 2.80 bits per heavy atom. The van der Waals surface area contributed by atoms with Crippen molar-refractivity contribution in [1.29, 1.82) is 0 Å². The summed E-state index contributed by atoms with van der Waals surface area (Å²) in [5.41, 5.74) is 3.54. The minimum Gasteiger partial charge on any atom is -0.444 e. The molecule has 0 unspecified atom stereocenters. The van der Waals surface area contributed by atoms with Crippen molar-refractivity contribution in [2.45, 2.75) is 24.9 Å². The summed E-state index contributed by atoms with van der Waals surface area (Å²) in [5.74, 6) is 1.58. The highest BCUT2D eigenvalue weighted by molar-refractivity contribution is 5.94. The van der Waals surface area contributed by atoms with E-state index in [0.717, 1.165) is 41.8 Å². The van der Waals surface area contributed by atoms with Crippen LogP contribution in [0, 0.1) is 0 Å². The third kappa shape index (κ3) is 3.59. The lowest BCUT2D eigenvalue weighted by molar-refractivity contribution is 0.0884. The molecule has 3 heterocycles. The van der Waals surface area contributed by atoms with E-state index >= 15 is 0 Å². The maximum absolute atomic E-state index is 12.8. The predicted molar refractivity (Wildman–Crippen MR) is 114 cm³/mol. The van der Waals surface area contributed by atoms with Gasteiger partial charge in [-0.3, -0.25) is 9.69 Å². The molecule has 0 aliphatic carbocycles. The maximum Gasteiger partial charge on any atom is 0.251 e. The summed E-state index contributed by atoms with van der Waals surface area (Å²) in [7, 11) is 2.11. The number of H-pyrrole nitrogens is 1. The third-order valence-electron chi connectivity index (χ3n) is 5.79. The number of amides is 1. The van der Waals surface area contributed by atoms with Gasteiger partial charge in [-0.2, -0.15) is 0 Å². The minimum absolute atomic E-state index is 0.0583. The van der Waals surface area contributed by atoms with Gasteiger partial charge in [0.1, 0.15) is 5.82 Å². The Morgan fingerprint density at radius 1 is 1.20 bits per heavy atom. The molecule has 7 heteroatoms. The number of fused-ring (bicyclic) bond motifs is 1. The van der Waals surface area contributed by atoms with E-state index in [9.17, 15) is 4.79 Å². The number of likely N-dealkylation sites (tertiary alicyclic amines) is 1. The van der Waals surface area contributed by atoms with Gasteiger partial charge < -0.3 is 14.7 Å². The Kier molecular flexibility index (Phi) is 4.80. The molecule has 1 aliphatic heterocycles. The number of carbonyl (C=O) groups is 1. The van der Waals surface area contributed by atoms with E-state index in [4.69, 9.17) is 9.40 Å². The zero-order chi connectivity index (χ0) is 20.5. The molecule has 2 N–H and O–H groups in total. The first kappa shape index (κ1) is 18.6. The molecule has 1 fully saturated rings. The summed E-state index contributed by atoms with van der Waals surface area (Å²) in [6.45, 7) is 0.900. The fourth-order valence-corrected chi connectivity index (χ4v) is 4.08. The number of para-hydroxylation sites is 2. The minimum atomic E-state index is -0.0583. The Balaban J connectivity index is 1.28. The number of aromatic nitrogens is 3. The number of hydrogen-bond acceptors (Lipinski definition) is 5. The molecule has 152 valence electrons. The lowest BCUT2D eigenvalue weighted by Crippen LogP contribution is -2.45. The van der Waals surface area contributed by atoms with Crippen LogP contribution in [0.3, 0.4) is 0 Å². The van der Waals surface area contributed by atoms with Crippen molar-refractivity contribution in [3.05, 3.63) is 72.5 Å². The van der Waals surface area contributed by atoms with E-state index in [0.29, 0.717) is 11.3 Å². The molecule has 1 amide bonds. The van der Waals surface area contributed by atoms with Crippen molar-refractivity contribution in [2.24, 2.45) is 0 Å². The molecule has 0 bridgehead atoms. The van der Waals surface area contributed by atoms with Crippen molar-refractivity contribution in [3.8, 4) is 11.3 Å². The predicted octanol–water partition coefficient (Wildman–Crippen LogP) is 3.78. The second kappa shape index (κ2) is 7.76. The molecule has 0 saturated carbocycles. The van der Waals surface area contributed by atoms with Crippen molar-refractivity contribution < 1.29 is 9.21 Å². The summed E-state index contributed by atoms with van der Waals surface area (Å²) < 4.78 is 5.30. The quantitative estimate of drug-likeness (QED) is 0.543. The molecule has 2 aromatic carbocycles. The standard InChI is InChI=1S/C23H23N5O2/c1-28-11-10-17(12-20(28)22-26-18-4-2-3-5-19(18)27-22)25-23(29)16-8-6-15(7-9-16)21-13-24-14-30-21/h2-9,13-14,17,20H,10-12H2,1H3,(H,25,29)(H,26,27)/t17-,20-/m1/s1. The van der Waals surface area contributed by atoms with Crippen LogP contribution in [-0.2, 0) is 0 Å². The highest BCUT2D eigenvalue weighted by Gasteiger charge is 2.30. The van der Waals surface area contributed by atoms with Crippen LogP contribution in [0.25, 0.3) is 22.4 Å². The molecule has 1 aliphatic rings. The van der Waals surface area contributed by atoms with Gasteiger partial charge in [-0.25, -0.2) is 9.97 Å². The van der Waals surface area contributed by atoms with Crippen LogP contribution >= 0.6 is 0 Å². The Bertz CT molecular complexity index is 1120. The monoisotopic (exact) mass is 401 g/mol. The SMILES string of the molecule is CN1CC[C@@H](NC(=O)c2ccc(-c3cnco3)cc2)C[C@@H]1c1nc2ccccc2[nH]1. The lowest BCUT2D eigenvalue weighted by Gasteiger charge is -2.36. The lowest BCUT2D eigenvalue weighted by atomic mass is 9.96. The molecular weight excluding hydrogens is 378 g/mol. The van der Waals surface area contributed by atoms with Gasteiger partial charge >= 0.3 is 0 Å². The number of carbonyl (C=O) groups excluding carboxylic acids is 1. The molecule has 4 aromatic rings. The van der Waals surface area contributed by atoms with Gasteiger partial charge in [0.15, 0.2) is 12.2 Å². The number of imidazole rings is 1. The summed E-state index contributed by atoms with van der Waals surface area (Å²) in [6, 6.07) is 15.7. The van der Waals surface area contributed by atoms with Gasteiger partial charge in [0, 0.05) is 23.7 Å². The third-order valence-corrected chi connectivity index (χ3v) is 5.79. The van der Waals surface area contributed by atoms with Gasteiger partial charge in [-0.05, 0) is 44.2 Å². The van der Waals surface area contributed by atoms with Crippen LogP contribution in [-0.4, -0.2) is 45.4 Å². The van der Waals surface area contributed by atoms with E-state index in [-0.39, 0.29) is 18.0 Å². The number of aromatic amines is 1. The number of piperidine rings is 1. The second-order valence-electron chi connectivity index (χ2n) is 7.77. The number of hydrogen-bond donors (Lipinski definition) is 2. The van der Waals surface area contributed by atoms with Gasteiger partial charge in [0.2, 0.25) is 0 Å². The van der Waals surface area contributed by atoms with Gasteiger partial charge in [-0.15, -0.1) is 0 Å². The van der Waals surface area contributed by atoms with Crippen molar-refractivity contribution in [1.82, 2.24) is 25.2 Å². The first-order chi connectivity index (χ1) is 14.7. The van der Waals surface area contributed by atoms with E-state index in [1.165, 1.54) is 6.39 Å². The first-order valence-electron chi connectivity index (χ1n) is 10.1. The molecule has 2 atom stereocenters. The van der Waals surface area contributed by atoms with Crippen LogP contribution in [0.1, 0.15) is 35.1 Å². The molecule has 5 rings (SSSR count). The molecule has 30 heavy (non-hydrogen) atoms. The smallest absolute Gasteiger partial charge is 0.251 e. The summed E-state index contributed by atoms with van der Waals surface area (Å²) >= 11 is 0. The van der Waals surface area contributed by atoms with Gasteiger partial charge in [0.25, 0.3) is 5.91 Å². The number of rotatable bonds is 4. The topological polar surface area (TPSA) is 87.1 Å². The zero-order valence-electron chi connectivity index (χ0n) is 16.7. The average molecular weight is 401 g/mol. The normalized spacial score (nSPS) is 19.8. The van der Waals surface area contributed by atoms with Crippen LogP contribution in [0.2, 0.25) is 0 Å². The fraction of sp³-hybridized carbons (Fsp3) is 0.261. The molecule has 7 nitrogen and oxygen atoms in total. The largest absolute Gasteiger partial charge is 0.444 e. The van der Waals surface area contributed by atoms with Gasteiger partial charge in [-0.1, -0.05) is 24.3 Å². The Labute approximate surface area is 174 Å². The van der Waals surface area contributed by atoms with E-state index in [2.05, 4.69) is 27.2 Å². The summed E-state index contributed by atoms with van der Waals surface area (Å²) in [4.78, 5) is 27.2. The zero-order valence-corrected chi connectivity index (χ0v) is 16.7. The highest BCUT2D eigenvalue weighted by atomic mass is 16.3. The molecular formula is C23H23N5O2. The second-order valence-corrected chi connectivity index (χ2v) is 7.77. The Hall–Kier alpha value is -3.45. The van der Waals surface area contributed by atoms with Crippen LogP contribution in [0.5, 0.6) is 0 Å². The Morgan fingerprint density at radius 2 is 2.03 bits per heavy atom. The van der Waals surface area contributed by atoms with Gasteiger partial charge in [0.05, 0.1) is 23.3 Å². The number of nitrogens with zero attached hydrogens (tertiary/aromatic N) is 3. The van der Waals surface area contributed by atoms with E-state index < -0.39 is 0 Å². The molecule has 2 aromatic heterocycles. The average Bonchev–Trinajstić information content (AvgIpc) is 3.45. The van der Waals surface area contributed by atoms with Crippen molar-refractivity contribution in [2.75, 3.05) is 13.6 Å². The van der Waals surface area contributed by atoms with Crippen LogP contribution < -0.4 is 5.32 Å². The maximum atomic E-state index is 12.8. The van der Waals surface area contributed by atoms with Crippen molar-refractivity contribution in [3.63, 3.8) is 0 Å². The van der Waals surface area contributed by atoms with Crippen LogP contribution in [0.15, 0.2) is 65.5 Å². The fourth-order valence-electron chi connectivity index (χ4n) is 4.08. The molecule has 1 saturated heterocycles. The first-order valence-corrected chi connectivity index (χ1v) is 10.1. The van der Waals surface area contributed by atoms with Crippen molar-refractivity contribution >= 4 is 16.9 Å². The highest BCUT2D eigenvalue weighted by Crippen LogP contribution is 2.29. The molecule has 0 spiro atoms. The molecule has 0 radical (unpaired) electrons. The number of nitrogens with one attached hydrogen (secondary N) is 2. The van der Waals surface area contributed by atoms with Crippen LogP contribution in [0.4, 0.5) is 0 Å². The number of oxazole rings is 1. The summed E-state index contributed by atoms with van der Waals surface area (Å²) in [5, 5.41) is 3.20. The van der Waals surface area contributed by atoms with E-state index in [1.54, 1.807) is 6.20 Å². The number of benzene rings is 2.